The summed E-state index contributed by atoms with van der Waals surface area (Å²) in [5, 5.41) is 11.5. The lowest BCUT2D eigenvalue weighted by Gasteiger charge is -2.12. The van der Waals surface area contributed by atoms with Crippen molar-refractivity contribution in [2.24, 2.45) is 0 Å². The Morgan fingerprint density at radius 1 is 1.24 bits per heavy atom. The summed E-state index contributed by atoms with van der Waals surface area (Å²) in [4.78, 5) is 11.8. The first-order chi connectivity index (χ1) is 11.7. The number of halogens is 1. The Morgan fingerprint density at radius 2 is 1.96 bits per heavy atom. The molecular weight excluding hydrogens is 347 g/mol. The maximum atomic E-state index is 13.6. The second-order valence-corrected chi connectivity index (χ2v) is 7.34. The molecule has 0 aromatic heterocycles. The molecule has 2 aromatic rings. The normalized spacial score (nSPS) is 12.5. The molecule has 0 fully saturated rings. The van der Waals surface area contributed by atoms with Gasteiger partial charge in [0.15, 0.2) is 0 Å². The van der Waals surface area contributed by atoms with Crippen molar-refractivity contribution in [3.05, 3.63) is 59.4 Å². The third kappa shape index (κ3) is 4.77. The lowest BCUT2D eigenvalue weighted by Crippen LogP contribution is -2.35. The number of aryl methyl sites for hydroxylation is 1. The third-order valence-corrected chi connectivity index (χ3v) is 4.86. The van der Waals surface area contributed by atoms with Gasteiger partial charge >= 0.3 is 0 Å². The summed E-state index contributed by atoms with van der Waals surface area (Å²) < 4.78 is 40.6. The van der Waals surface area contributed by atoms with E-state index in [9.17, 15) is 17.6 Å². The zero-order valence-corrected chi connectivity index (χ0v) is 14.6. The average molecular weight is 366 g/mol. The molecule has 6 nitrogen and oxygen atoms in total. The van der Waals surface area contributed by atoms with Crippen LogP contribution in [0, 0.1) is 12.7 Å². The van der Waals surface area contributed by atoms with Crippen LogP contribution in [0.25, 0.3) is 0 Å². The van der Waals surface area contributed by atoms with Gasteiger partial charge in [0.2, 0.25) is 0 Å². The van der Waals surface area contributed by atoms with Gasteiger partial charge in [-0.2, -0.15) is 0 Å². The van der Waals surface area contributed by atoms with Crippen LogP contribution in [0.1, 0.15) is 22.8 Å². The van der Waals surface area contributed by atoms with Crippen molar-refractivity contribution in [1.82, 2.24) is 5.32 Å². The lowest BCUT2D eigenvalue weighted by atomic mass is 10.2. The molecule has 3 N–H and O–H groups in total. The van der Waals surface area contributed by atoms with Crippen LogP contribution in [0.3, 0.4) is 0 Å². The predicted octanol–water partition coefficient (Wildman–Crippen LogP) is 2.05. The van der Waals surface area contributed by atoms with Crippen LogP contribution < -0.4 is 10.0 Å². The summed E-state index contributed by atoms with van der Waals surface area (Å²) in [6.45, 7) is 2.96. The van der Waals surface area contributed by atoms with E-state index >= 15 is 0 Å². The number of anilines is 1. The van der Waals surface area contributed by atoms with Gasteiger partial charge in [0.05, 0.1) is 11.5 Å². The number of rotatable bonds is 6. The minimum Gasteiger partial charge on any atom is -0.394 e. The number of carbonyl (C=O) groups is 1. The standard InChI is InChI=1S/C17H19FN2O4S/c1-11-6-7-15(9-16(11)18)25(23,24)20-14-5-3-4-13(8-14)17(22)19-12(2)10-21/h3-9,12,20-21H,10H2,1-2H3,(H,19,22). The van der Waals surface area contributed by atoms with E-state index in [1.807, 2.05) is 0 Å². The molecule has 0 saturated heterocycles. The van der Waals surface area contributed by atoms with E-state index in [0.717, 1.165) is 6.07 Å². The number of benzene rings is 2. The van der Waals surface area contributed by atoms with E-state index in [4.69, 9.17) is 5.11 Å². The average Bonchev–Trinajstić information content (AvgIpc) is 2.56. The Bertz CT molecular complexity index is 884. The molecule has 0 spiro atoms. The fraction of sp³-hybridized carbons (Fsp3) is 0.235. The Hall–Kier alpha value is -2.45. The summed E-state index contributed by atoms with van der Waals surface area (Å²) in [5.41, 5.74) is 0.747. The molecular formula is C17H19FN2O4S. The molecule has 0 aliphatic rings. The molecule has 1 amide bonds. The van der Waals surface area contributed by atoms with Crippen molar-refractivity contribution in [2.45, 2.75) is 24.8 Å². The second-order valence-electron chi connectivity index (χ2n) is 5.65. The molecule has 0 saturated carbocycles. The van der Waals surface area contributed by atoms with Crippen LogP contribution in [-0.4, -0.2) is 32.1 Å². The van der Waals surface area contributed by atoms with E-state index in [0.29, 0.717) is 5.56 Å². The SMILES string of the molecule is Cc1ccc(S(=O)(=O)Nc2cccc(C(=O)NC(C)CO)c2)cc1F. The highest BCUT2D eigenvalue weighted by atomic mass is 32.2. The van der Waals surface area contributed by atoms with Gasteiger partial charge in [-0.05, 0) is 49.7 Å². The first-order valence-corrected chi connectivity index (χ1v) is 9.02. The van der Waals surface area contributed by atoms with Gasteiger partial charge in [-0.15, -0.1) is 0 Å². The smallest absolute Gasteiger partial charge is 0.261 e. The Morgan fingerprint density at radius 3 is 2.60 bits per heavy atom. The number of hydrogen-bond acceptors (Lipinski definition) is 4. The molecule has 8 heteroatoms. The van der Waals surface area contributed by atoms with E-state index < -0.39 is 27.8 Å². The first-order valence-electron chi connectivity index (χ1n) is 7.53. The van der Waals surface area contributed by atoms with E-state index in [1.54, 1.807) is 6.92 Å². The van der Waals surface area contributed by atoms with E-state index in [1.165, 1.54) is 43.3 Å². The number of amides is 1. The predicted molar refractivity (Wildman–Crippen MR) is 92.4 cm³/mol. The van der Waals surface area contributed by atoms with Crippen LogP contribution in [0.4, 0.5) is 10.1 Å². The number of sulfonamides is 1. The summed E-state index contributed by atoms with van der Waals surface area (Å²) >= 11 is 0. The van der Waals surface area contributed by atoms with Crippen LogP contribution >= 0.6 is 0 Å². The number of aliphatic hydroxyl groups is 1. The van der Waals surface area contributed by atoms with Gasteiger partial charge in [0, 0.05) is 17.3 Å². The number of hydrogen-bond donors (Lipinski definition) is 3. The summed E-state index contributed by atoms with van der Waals surface area (Å²) in [6, 6.07) is 9.08. The highest BCUT2D eigenvalue weighted by Crippen LogP contribution is 2.19. The molecule has 0 radical (unpaired) electrons. The minimum absolute atomic E-state index is 0.172. The molecule has 0 heterocycles. The monoisotopic (exact) mass is 366 g/mol. The summed E-state index contributed by atoms with van der Waals surface area (Å²) in [5.74, 6) is -1.06. The van der Waals surface area contributed by atoms with Crippen LogP contribution in [0.5, 0.6) is 0 Å². The highest BCUT2D eigenvalue weighted by molar-refractivity contribution is 7.92. The Labute approximate surface area is 145 Å². The molecule has 0 aliphatic carbocycles. The van der Waals surface area contributed by atoms with E-state index in [2.05, 4.69) is 10.0 Å². The maximum Gasteiger partial charge on any atom is 0.261 e. The Balaban J connectivity index is 2.23. The molecule has 2 aromatic carbocycles. The first kappa shape index (κ1) is 18.9. The maximum absolute atomic E-state index is 13.6. The van der Waals surface area contributed by atoms with Crippen molar-refractivity contribution in [1.29, 1.82) is 0 Å². The van der Waals surface area contributed by atoms with Crippen molar-refractivity contribution in [3.8, 4) is 0 Å². The van der Waals surface area contributed by atoms with Gasteiger partial charge in [0.25, 0.3) is 15.9 Å². The molecule has 25 heavy (non-hydrogen) atoms. The molecule has 1 atom stereocenters. The topological polar surface area (TPSA) is 95.5 Å². The van der Waals surface area contributed by atoms with Crippen molar-refractivity contribution >= 4 is 21.6 Å². The fourth-order valence-electron chi connectivity index (χ4n) is 2.03. The lowest BCUT2D eigenvalue weighted by molar-refractivity contribution is 0.0922. The molecule has 2 rings (SSSR count). The number of aliphatic hydroxyl groups excluding tert-OH is 1. The van der Waals surface area contributed by atoms with E-state index in [-0.39, 0.29) is 22.8 Å². The van der Waals surface area contributed by atoms with Crippen molar-refractivity contribution in [2.75, 3.05) is 11.3 Å². The van der Waals surface area contributed by atoms with Crippen LogP contribution in [0.15, 0.2) is 47.4 Å². The fourth-order valence-corrected chi connectivity index (χ4v) is 3.09. The van der Waals surface area contributed by atoms with Gasteiger partial charge in [0.1, 0.15) is 5.82 Å². The van der Waals surface area contributed by atoms with Gasteiger partial charge in [-0.3, -0.25) is 9.52 Å². The highest BCUT2D eigenvalue weighted by Gasteiger charge is 2.17. The largest absolute Gasteiger partial charge is 0.394 e. The summed E-state index contributed by atoms with van der Waals surface area (Å²) in [7, 11) is -3.98. The third-order valence-electron chi connectivity index (χ3n) is 3.48. The van der Waals surface area contributed by atoms with Crippen LogP contribution in [-0.2, 0) is 10.0 Å². The van der Waals surface area contributed by atoms with Gasteiger partial charge < -0.3 is 10.4 Å². The number of carbonyl (C=O) groups excluding carboxylic acids is 1. The van der Waals surface area contributed by atoms with Crippen molar-refractivity contribution < 1.29 is 22.7 Å². The summed E-state index contributed by atoms with van der Waals surface area (Å²) in [6.07, 6.45) is 0. The molecule has 1 unspecified atom stereocenters. The zero-order chi connectivity index (χ0) is 18.6. The second kappa shape index (κ2) is 7.62. The van der Waals surface area contributed by atoms with Gasteiger partial charge in [-0.1, -0.05) is 12.1 Å². The zero-order valence-electron chi connectivity index (χ0n) is 13.8. The van der Waals surface area contributed by atoms with Crippen molar-refractivity contribution in [3.63, 3.8) is 0 Å². The molecule has 0 aliphatic heterocycles. The van der Waals surface area contributed by atoms with Crippen LogP contribution in [0.2, 0.25) is 0 Å². The van der Waals surface area contributed by atoms with Gasteiger partial charge in [-0.25, -0.2) is 12.8 Å². The Kier molecular flexibility index (Phi) is 5.76. The molecule has 0 bridgehead atoms. The minimum atomic E-state index is -3.98. The quantitative estimate of drug-likeness (QED) is 0.729. The number of nitrogens with one attached hydrogen (secondary N) is 2. The molecule has 134 valence electrons.